The minimum atomic E-state index is -0.260. The van der Waals surface area contributed by atoms with Crippen molar-refractivity contribution in [2.75, 3.05) is 11.9 Å². The molecule has 27 heavy (non-hydrogen) atoms. The van der Waals surface area contributed by atoms with Crippen molar-refractivity contribution >= 4 is 11.7 Å². The van der Waals surface area contributed by atoms with Gasteiger partial charge in [0.2, 0.25) is 5.91 Å². The van der Waals surface area contributed by atoms with Crippen LogP contribution in [0.2, 0.25) is 0 Å². The van der Waals surface area contributed by atoms with Gasteiger partial charge in [0.05, 0.1) is 13.0 Å². The van der Waals surface area contributed by atoms with E-state index >= 15 is 0 Å². The number of aromatic nitrogens is 2. The van der Waals surface area contributed by atoms with E-state index in [1.807, 2.05) is 18.2 Å². The molecule has 4 rings (SSSR count). The first-order chi connectivity index (χ1) is 13.2. The average molecular weight is 364 g/mol. The van der Waals surface area contributed by atoms with Crippen molar-refractivity contribution in [3.05, 3.63) is 83.3 Å². The van der Waals surface area contributed by atoms with Gasteiger partial charge in [-0.05, 0) is 41.8 Å². The lowest BCUT2D eigenvalue weighted by molar-refractivity contribution is -0.115. The second-order valence-corrected chi connectivity index (χ2v) is 6.74. The molecule has 2 aromatic carbocycles. The summed E-state index contributed by atoms with van der Waals surface area (Å²) < 4.78 is 14.7. The molecular weight excluding hydrogens is 343 g/mol. The number of nitrogens with zero attached hydrogens (tertiary/aromatic N) is 2. The van der Waals surface area contributed by atoms with E-state index in [4.69, 9.17) is 0 Å². The summed E-state index contributed by atoms with van der Waals surface area (Å²) in [7, 11) is 0. The van der Waals surface area contributed by atoms with E-state index in [0.717, 1.165) is 24.1 Å². The number of anilines is 1. The third-order valence-electron chi connectivity index (χ3n) is 4.77. The van der Waals surface area contributed by atoms with Gasteiger partial charge in [-0.15, -0.1) is 0 Å². The van der Waals surface area contributed by atoms with Crippen molar-refractivity contribution < 1.29 is 9.18 Å². The van der Waals surface area contributed by atoms with Gasteiger partial charge in [0.1, 0.15) is 5.82 Å². The number of hydrogen-bond donors (Lipinski definition) is 2. The van der Waals surface area contributed by atoms with Gasteiger partial charge in [-0.3, -0.25) is 9.48 Å². The molecule has 1 aliphatic heterocycles. The van der Waals surface area contributed by atoms with Crippen molar-refractivity contribution in [2.45, 2.75) is 25.4 Å². The highest BCUT2D eigenvalue weighted by atomic mass is 19.1. The molecule has 1 fully saturated rings. The molecule has 0 bridgehead atoms. The maximum atomic E-state index is 13.0. The predicted octanol–water partition coefficient (Wildman–Crippen LogP) is 3.29. The van der Waals surface area contributed by atoms with Gasteiger partial charge in [0.15, 0.2) is 5.82 Å². The van der Waals surface area contributed by atoms with Gasteiger partial charge in [-0.2, -0.15) is 5.10 Å². The highest BCUT2D eigenvalue weighted by Gasteiger charge is 2.21. The lowest BCUT2D eigenvalue weighted by Crippen LogP contribution is -2.35. The molecular formula is C21H21FN4O. The number of rotatable bonds is 6. The SMILES string of the molecule is O=C(Cc1ccccc1C1CCN1)Nc1ccn(Cc2ccc(F)cc2)n1. The molecule has 0 saturated carbocycles. The summed E-state index contributed by atoms with van der Waals surface area (Å²) >= 11 is 0. The first kappa shape index (κ1) is 17.4. The quantitative estimate of drug-likeness (QED) is 0.706. The number of amides is 1. The molecule has 6 heteroatoms. The lowest BCUT2D eigenvalue weighted by atomic mass is 9.92. The third kappa shape index (κ3) is 4.23. The topological polar surface area (TPSA) is 59.0 Å². The number of halogens is 1. The van der Waals surface area contributed by atoms with Gasteiger partial charge in [-0.1, -0.05) is 36.4 Å². The summed E-state index contributed by atoms with van der Waals surface area (Å²) in [5.41, 5.74) is 3.18. The van der Waals surface area contributed by atoms with E-state index in [2.05, 4.69) is 21.8 Å². The highest BCUT2D eigenvalue weighted by molar-refractivity contribution is 5.91. The van der Waals surface area contributed by atoms with Crippen LogP contribution in [0.3, 0.4) is 0 Å². The van der Waals surface area contributed by atoms with Crippen LogP contribution in [0, 0.1) is 5.82 Å². The van der Waals surface area contributed by atoms with E-state index < -0.39 is 0 Å². The van der Waals surface area contributed by atoms with Gasteiger partial charge >= 0.3 is 0 Å². The van der Waals surface area contributed by atoms with E-state index in [0.29, 0.717) is 24.8 Å². The number of nitrogens with one attached hydrogen (secondary N) is 2. The minimum Gasteiger partial charge on any atom is -0.310 e. The maximum Gasteiger partial charge on any atom is 0.230 e. The molecule has 0 radical (unpaired) electrons. The van der Waals surface area contributed by atoms with Gasteiger partial charge in [0.25, 0.3) is 0 Å². The molecule has 2 heterocycles. The molecule has 3 aromatic rings. The van der Waals surface area contributed by atoms with Crippen LogP contribution in [0.1, 0.15) is 29.2 Å². The van der Waals surface area contributed by atoms with Crippen LogP contribution in [0.4, 0.5) is 10.2 Å². The summed E-state index contributed by atoms with van der Waals surface area (Å²) in [6, 6.07) is 16.5. The molecule has 1 aromatic heterocycles. The van der Waals surface area contributed by atoms with Crippen LogP contribution >= 0.6 is 0 Å². The highest BCUT2D eigenvalue weighted by Crippen LogP contribution is 2.26. The number of benzene rings is 2. The fourth-order valence-corrected chi connectivity index (χ4v) is 3.24. The van der Waals surface area contributed by atoms with E-state index in [1.165, 1.54) is 17.7 Å². The Bertz CT molecular complexity index is 931. The summed E-state index contributed by atoms with van der Waals surface area (Å²) in [4.78, 5) is 12.4. The molecule has 1 saturated heterocycles. The van der Waals surface area contributed by atoms with Crippen LogP contribution in [0.15, 0.2) is 60.8 Å². The van der Waals surface area contributed by atoms with Crippen molar-refractivity contribution in [3.63, 3.8) is 0 Å². The Morgan fingerprint density at radius 3 is 2.70 bits per heavy atom. The van der Waals surface area contributed by atoms with Crippen molar-refractivity contribution in [1.29, 1.82) is 0 Å². The molecule has 1 aliphatic rings. The minimum absolute atomic E-state index is 0.0891. The molecule has 1 atom stereocenters. The van der Waals surface area contributed by atoms with Crippen LogP contribution in [-0.2, 0) is 17.8 Å². The van der Waals surface area contributed by atoms with Crippen LogP contribution in [0.25, 0.3) is 0 Å². The van der Waals surface area contributed by atoms with Gasteiger partial charge in [-0.25, -0.2) is 4.39 Å². The van der Waals surface area contributed by atoms with Crippen LogP contribution < -0.4 is 10.6 Å². The van der Waals surface area contributed by atoms with Crippen molar-refractivity contribution in [2.24, 2.45) is 0 Å². The molecule has 1 unspecified atom stereocenters. The smallest absolute Gasteiger partial charge is 0.230 e. The molecule has 0 spiro atoms. The van der Waals surface area contributed by atoms with Gasteiger partial charge < -0.3 is 10.6 Å². The zero-order valence-electron chi connectivity index (χ0n) is 14.9. The molecule has 2 N–H and O–H groups in total. The predicted molar refractivity (Wildman–Crippen MR) is 102 cm³/mol. The standard InChI is InChI=1S/C21H21FN4O/c22-17-7-5-15(6-8-17)14-26-12-10-20(25-26)24-21(27)13-16-3-1-2-4-18(16)19-9-11-23-19/h1-8,10,12,19,23H,9,11,13-14H2,(H,24,25,27). The summed E-state index contributed by atoms with van der Waals surface area (Å²) in [5.74, 6) is 0.166. The first-order valence-electron chi connectivity index (χ1n) is 9.06. The van der Waals surface area contributed by atoms with E-state index in [9.17, 15) is 9.18 Å². The van der Waals surface area contributed by atoms with E-state index in [-0.39, 0.29) is 11.7 Å². The van der Waals surface area contributed by atoms with Crippen LogP contribution in [-0.4, -0.2) is 22.2 Å². The normalized spacial score (nSPS) is 16.0. The van der Waals surface area contributed by atoms with E-state index in [1.54, 1.807) is 29.1 Å². The Kier molecular flexibility index (Phi) is 4.98. The Hall–Kier alpha value is -2.99. The zero-order chi connectivity index (χ0) is 18.6. The Morgan fingerprint density at radius 1 is 1.19 bits per heavy atom. The number of hydrogen-bond acceptors (Lipinski definition) is 3. The zero-order valence-corrected chi connectivity index (χ0v) is 14.9. The second kappa shape index (κ2) is 7.72. The third-order valence-corrected chi connectivity index (χ3v) is 4.77. The number of carbonyl (C=O) groups is 1. The monoisotopic (exact) mass is 364 g/mol. The second-order valence-electron chi connectivity index (χ2n) is 6.74. The molecule has 138 valence electrons. The Morgan fingerprint density at radius 2 is 1.96 bits per heavy atom. The Balaban J connectivity index is 1.38. The molecule has 0 aliphatic carbocycles. The maximum absolute atomic E-state index is 13.0. The molecule has 5 nitrogen and oxygen atoms in total. The largest absolute Gasteiger partial charge is 0.310 e. The first-order valence-corrected chi connectivity index (χ1v) is 9.06. The van der Waals surface area contributed by atoms with Gasteiger partial charge in [0, 0.05) is 18.3 Å². The molecule has 1 amide bonds. The van der Waals surface area contributed by atoms with Crippen molar-refractivity contribution in [1.82, 2.24) is 15.1 Å². The fraction of sp³-hybridized carbons (Fsp3) is 0.238. The number of carbonyl (C=O) groups excluding carboxylic acids is 1. The fourth-order valence-electron chi connectivity index (χ4n) is 3.24. The average Bonchev–Trinajstić information content (AvgIpc) is 3.04. The summed E-state index contributed by atoms with van der Waals surface area (Å²) in [6.07, 6.45) is 3.22. The van der Waals surface area contributed by atoms with Crippen molar-refractivity contribution in [3.8, 4) is 0 Å². The summed E-state index contributed by atoms with van der Waals surface area (Å²) in [6.45, 7) is 1.54. The van der Waals surface area contributed by atoms with Crippen LogP contribution in [0.5, 0.6) is 0 Å². The lowest BCUT2D eigenvalue weighted by Gasteiger charge is -2.29. The Labute approximate surface area is 157 Å². The summed E-state index contributed by atoms with van der Waals surface area (Å²) in [5, 5.41) is 10.6.